The van der Waals surface area contributed by atoms with Crippen molar-refractivity contribution >= 4 is 0 Å². The summed E-state index contributed by atoms with van der Waals surface area (Å²) in [6.07, 6.45) is 8.64. The van der Waals surface area contributed by atoms with Crippen LogP contribution in [0.15, 0.2) is 0 Å². The third-order valence-electron chi connectivity index (χ3n) is 4.62. The van der Waals surface area contributed by atoms with Gasteiger partial charge < -0.3 is 10.2 Å². The second kappa shape index (κ2) is 7.64. The second-order valence-corrected chi connectivity index (χ2v) is 7.39. The molecule has 1 heterocycles. The van der Waals surface area contributed by atoms with E-state index in [-0.39, 0.29) is 0 Å². The number of rotatable bonds is 8. The second-order valence-electron chi connectivity index (χ2n) is 7.39. The first-order valence-electron chi connectivity index (χ1n) is 8.63. The Morgan fingerprint density at radius 1 is 1.16 bits per heavy atom. The van der Waals surface area contributed by atoms with Crippen molar-refractivity contribution in [2.24, 2.45) is 17.8 Å². The minimum Gasteiger partial charge on any atom is -0.312 e. The number of unbranched alkanes of at least 4 members (excludes halogenated alkanes) is 1. The first kappa shape index (κ1) is 15.3. The average Bonchev–Trinajstić information content (AvgIpc) is 3.17. The fraction of sp³-hybridized carbons (Fsp3) is 1.00. The van der Waals surface area contributed by atoms with Gasteiger partial charge in [-0.15, -0.1) is 0 Å². The third kappa shape index (κ3) is 5.83. The van der Waals surface area contributed by atoms with Crippen molar-refractivity contribution in [2.75, 3.05) is 26.2 Å². The molecule has 2 heteroatoms. The monoisotopic (exact) mass is 266 g/mol. The molecule has 0 aromatic rings. The van der Waals surface area contributed by atoms with E-state index in [9.17, 15) is 0 Å². The lowest BCUT2D eigenvalue weighted by Crippen LogP contribution is -2.50. The molecule has 0 spiro atoms. The minimum absolute atomic E-state index is 0.747. The molecule has 19 heavy (non-hydrogen) atoms. The van der Waals surface area contributed by atoms with Crippen LogP contribution in [-0.2, 0) is 0 Å². The van der Waals surface area contributed by atoms with Gasteiger partial charge in [0, 0.05) is 19.1 Å². The van der Waals surface area contributed by atoms with Gasteiger partial charge in [-0.25, -0.2) is 0 Å². The summed E-state index contributed by atoms with van der Waals surface area (Å²) < 4.78 is 0. The number of hydrogen-bond donors (Lipinski definition) is 1. The van der Waals surface area contributed by atoms with Crippen LogP contribution in [-0.4, -0.2) is 37.1 Å². The molecule has 1 saturated heterocycles. The van der Waals surface area contributed by atoms with Crippen molar-refractivity contribution < 1.29 is 0 Å². The Hall–Kier alpha value is -0.0800. The van der Waals surface area contributed by atoms with E-state index in [2.05, 4.69) is 31.0 Å². The first-order chi connectivity index (χ1) is 9.17. The van der Waals surface area contributed by atoms with Crippen molar-refractivity contribution in [3.8, 4) is 0 Å². The zero-order chi connectivity index (χ0) is 13.7. The van der Waals surface area contributed by atoms with E-state index in [0.29, 0.717) is 0 Å². The summed E-state index contributed by atoms with van der Waals surface area (Å²) in [7, 11) is 0. The Kier molecular flexibility index (Phi) is 6.15. The highest BCUT2D eigenvalue weighted by atomic mass is 15.2. The van der Waals surface area contributed by atoms with Gasteiger partial charge in [-0.1, -0.05) is 40.0 Å². The number of nitrogens with one attached hydrogen (secondary N) is 1. The largest absolute Gasteiger partial charge is 0.312 e. The number of piperidine rings is 1. The molecule has 2 atom stereocenters. The van der Waals surface area contributed by atoms with Crippen LogP contribution in [0.3, 0.4) is 0 Å². The zero-order valence-electron chi connectivity index (χ0n) is 13.3. The Bertz CT molecular complexity index is 248. The Morgan fingerprint density at radius 3 is 2.58 bits per heavy atom. The lowest BCUT2D eigenvalue weighted by Gasteiger charge is -2.38. The molecule has 2 aliphatic rings. The maximum absolute atomic E-state index is 3.81. The minimum atomic E-state index is 0.747. The Balaban J connectivity index is 1.79. The predicted molar refractivity (Wildman–Crippen MR) is 83.4 cm³/mol. The van der Waals surface area contributed by atoms with Crippen LogP contribution in [0.2, 0.25) is 0 Å². The first-order valence-corrected chi connectivity index (χ1v) is 8.63. The highest BCUT2D eigenvalue weighted by Crippen LogP contribution is 2.37. The summed E-state index contributed by atoms with van der Waals surface area (Å²) in [6, 6.07) is 0.747. The average molecular weight is 266 g/mol. The molecule has 0 aromatic heterocycles. The lowest BCUT2D eigenvalue weighted by atomic mass is 9.89. The molecule has 2 rings (SSSR count). The standard InChI is InChI=1S/C17H34N2/c1-4-5-8-19-12-16(9-15-6-7-15)10-17(13-19)18-11-14(2)3/h14-18H,4-13H2,1-3H3. The van der Waals surface area contributed by atoms with E-state index in [4.69, 9.17) is 0 Å². The summed E-state index contributed by atoms with van der Waals surface area (Å²) in [5, 5.41) is 3.81. The fourth-order valence-electron chi connectivity index (χ4n) is 3.41. The van der Waals surface area contributed by atoms with Crippen LogP contribution >= 0.6 is 0 Å². The van der Waals surface area contributed by atoms with E-state index in [1.807, 2.05) is 0 Å². The van der Waals surface area contributed by atoms with Gasteiger partial charge in [0.2, 0.25) is 0 Å². The molecule has 1 N–H and O–H groups in total. The van der Waals surface area contributed by atoms with Crippen molar-refractivity contribution in [3.63, 3.8) is 0 Å². The van der Waals surface area contributed by atoms with Crippen molar-refractivity contribution in [1.82, 2.24) is 10.2 Å². The van der Waals surface area contributed by atoms with Crippen molar-refractivity contribution in [2.45, 2.75) is 65.3 Å². The van der Waals surface area contributed by atoms with Crippen LogP contribution in [0.5, 0.6) is 0 Å². The van der Waals surface area contributed by atoms with Crippen molar-refractivity contribution in [1.29, 1.82) is 0 Å². The maximum atomic E-state index is 3.81. The molecule has 0 amide bonds. The van der Waals surface area contributed by atoms with Crippen LogP contribution in [0, 0.1) is 17.8 Å². The quantitative estimate of drug-likeness (QED) is 0.723. The van der Waals surface area contributed by atoms with Crippen LogP contribution in [0.25, 0.3) is 0 Å². The van der Waals surface area contributed by atoms with Gasteiger partial charge in [0.05, 0.1) is 0 Å². The highest BCUT2D eigenvalue weighted by molar-refractivity contribution is 4.87. The topological polar surface area (TPSA) is 15.3 Å². The van der Waals surface area contributed by atoms with Crippen LogP contribution < -0.4 is 5.32 Å². The van der Waals surface area contributed by atoms with Gasteiger partial charge in [-0.3, -0.25) is 0 Å². The zero-order valence-corrected chi connectivity index (χ0v) is 13.3. The fourth-order valence-corrected chi connectivity index (χ4v) is 3.41. The SMILES string of the molecule is CCCCN1CC(CC2CC2)CC(NCC(C)C)C1. The molecule has 112 valence electrons. The molecule has 1 aliphatic carbocycles. The lowest BCUT2D eigenvalue weighted by molar-refractivity contribution is 0.129. The third-order valence-corrected chi connectivity index (χ3v) is 4.62. The summed E-state index contributed by atoms with van der Waals surface area (Å²) in [5.74, 6) is 2.82. The van der Waals surface area contributed by atoms with E-state index >= 15 is 0 Å². The van der Waals surface area contributed by atoms with Gasteiger partial charge >= 0.3 is 0 Å². The smallest absolute Gasteiger partial charge is 0.0198 e. The van der Waals surface area contributed by atoms with Crippen LogP contribution in [0.4, 0.5) is 0 Å². The summed E-state index contributed by atoms with van der Waals surface area (Å²) >= 11 is 0. The predicted octanol–water partition coefficient (Wildman–Crippen LogP) is 3.52. The summed E-state index contributed by atoms with van der Waals surface area (Å²) in [5.41, 5.74) is 0. The molecule has 2 unspecified atom stereocenters. The molecular weight excluding hydrogens is 232 g/mol. The molecule has 1 aliphatic heterocycles. The Labute approximate surface area is 120 Å². The summed E-state index contributed by atoms with van der Waals surface area (Å²) in [4.78, 5) is 2.73. The number of likely N-dealkylation sites (tertiary alicyclic amines) is 1. The van der Waals surface area contributed by atoms with Gasteiger partial charge in [-0.05, 0) is 50.1 Å². The molecule has 2 fully saturated rings. The van der Waals surface area contributed by atoms with E-state index < -0.39 is 0 Å². The molecule has 0 bridgehead atoms. The molecular formula is C17H34N2. The maximum Gasteiger partial charge on any atom is 0.0198 e. The van der Waals surface area contributed by atoms with Gasteiger partial charge in [0.15, 0.2) is 0 Å². The van der Waals surface area contributed by atoms with Gasteiger partial charge in [0.1, 0.15) is 0 Å². The van der Waals surface area contributed by atoms with Crippen molar-refractivity contribution in [3.05, 3.63) is 0 Å². The number of hydrogen-bond acceptors (Lipinski definition) is 2. The Morgan fingerprint density at radius 2 is 1.95 bits per heavy atom. The molecule has 0 radical (unpaired) electrons. The van der Waals surface area contributed by atoms with Gasteiger partial charge in [-0.2, -0.15) is 0 Å². The molecule has 1 saturated carbocycles. The molecule has 2 nitrogen and oxygen atoms in total. The summed E-state index contributed by atoms with van der Waals surface area (Å²) in [6.45, 7) is 12.1. The normalized spacial score (nSPS) is 29.1. The van der Waals surface area contributed by atoms with E-state index in [1.165, 1.54) is 64.7 Å². The number of nitrogens with zero attached hydrogens (tertiary/aromatic N) is 1. The van der Waals surface area contributed by atoms with Gasteiger partial charge in [0.25, 0.3) is 0 Å². The van der Waals surface area contributed by atoms with E-state index in [1.54, 1.807) is 0 Å². The highest BCUT2D eigenvalue weighted by Gasteiger charge is 2.31. The van der Waals surface area contributed by atoms with E-state index in [0.717, 1.165) is 23.8 Å². The molecule has 0 aromatic carbocycles. The van der Waals surface area contributed by atoms with Crippen LogP contribution in [0.1, 0.15) is 59.3 Å².